The van der Waals surface area contributed by atoms with E-state index in [1.54, 1.807) is 0 Å². The van der Waals surface area contributed by atoms with Crippen molar-refractivity contribution in [1.29, 1.82) is 0 Å². The quantitative estimate of drug-likeness (QED) is 0.271. The van der Waals surface area contributed by atoms with Crippen molar-refractivity contribution in [2.45, 2.75) is 0 Å². The fraction of sp³-hybridized carbons (Fsp3) is 0. The summed E-state index contributed by atoms with van der Waals surface area (Å²) >= 11 is 0. The molecule has 0 N–H and O–H groups in total. The smallest absolute Gasteiger partial charge is 0.00203 e. The van der Waals surface area contributed by atoms with Crippen molar-refractivity contribution in [1.82, 2.24) is 0 Å². The molecule has 0 bridgehead atoms. The lowest BCUT2D eigenvalue weighted by Crippen LogP contribution is -1.83. The average Bonchev–Trinajstić information content (AvgIpc) is 2.77. The van der Waals surface area contributed by atoms with E-state index in [0.717, 1.165) is 0 Å². The molecule has 0 spiro atoms. The van der Waals surface area contributed by atoms with Crippen LogP contribution in [0.15, 0.2) is 84.9 Å². The highest BCUT2D eigenvalue weighted by Crippen LogP contribution is 2.47. The molecular formula is C24H14. The summed E-state index contributed by atoms with van der Waals surface area (Å²) in [7, 11) is 0. The predicted molar refractivity (Wildman–Crippen MR) is 103 cm³/mol. The maximum Gasteiger partial charge on any atom is -0.00203 e. The molecular weight excluding hydrogens is 288 g/mol. The Hall–Kier alpha value is -3.12. The van der Waals surface area contributed by atoms with Crippen LogP contribution in [-0.2, 0) is 0 Å². The number of fused-ring (bicyclic) bond motifs is 2. The summed E-state index contributed by atoms with van der Waals surface area (Å²) < 4.78 is 0. The zero-order valence-electron chi connectivity index (χ0n) is 13.1. The zero-order chi connectivity index (χ0) is 15.7. The summed E-state index contributed by atoms with van der Waals surface area (Å²) in [6.07, 6.45) is 0. The number of rotatable bonds is 0. The van der Waals surface area contributed by atoms with Crippen LogP contribution in [0, 0.1) is 0 Å². The highest BCUT2D eigenvalue weighted by atomic mass is 14.2. The molecule has 0 heterocycles. The van der Waals surface area contributed by atoms with Crippen LogP contribution in [-0.4, -0.2) is 0 Å². The highest BCUT2D eigenvalue weighted by Gasteiger charge is 2.19. The van der Waals surface area contributed by atoms with Crippen LogP contribution < -0.4 is 0 Å². The van der Waals surface area contributed by atoms with Crippen LogP contribution in [0.5, 0.6) is 0 Å². The Bertz CT molecular complexity index is 1190. The van der Waals surface area contributed by atoms with Crippen LogP contribution >= 0.6 is 0 Å². The lowest BCUT2D eigenvalue weighted by molar-refractivity contribution is 1.70. The molecule has 24 heavy (non-hydrogen) atoms. The Morgan fingerprint density at radius 2 is 0.625 bits per heavy atom. The van der Waals surface area contributed by atoms with Gasteiger partial charge in [0, 0.05) is 0 Å². The minimum absolute atomic E-state index is 1.31. The van der Waals surface area contributed by atoms with Gasteiger partial charge in [-0.1, -0.05) is 84.9 Å². The molecule has 6 rings (SSSR count). The maximum atomic E-state index is 2.27. The van der Waals surface area contributed by atoms with E-state index in [1.807, 2.05) is 0 Å². The minimum Gasteiger partial charge on any atom is -0.0610 e. The number of benzene rings is 5. The van der Waals surface area contributed by atoms with Crippen LogP contribution in [0.25, 0.3) is 54.6 Å². The first-order valence-corrected chi connectivity index (χ1v) is 8.39. The molecule has 5 aromatic carbocycles. The third-order valence-corrected chi connectivity index (χ3v) is 5.37. The van der Waals surface area contributed by atoms with E-state index in [0.29, 0.717) is 0 Å². The maximum absolute atomic E-state index is 2.27. The van der Waals surface area contributed by atoms with Gasteiger partial charge >= 0.3 is 0 Å². The molecule has 0 saturated heterocycles. The largest absolute Gasteiger partial charge is 0.0610 e. The third-order valence-electron chi connectivity index (χ3n) is 5.37. The van der Waals surface area contributed by atoms with Gasteiger partial charge in [-0.05, 0) is 54.6 Å². The lowest BCUT2D eigenvalue weighted by Gasteiger charge is -2.10. The van der Waals surface area contributed by atoms with Gasteiger partial charge in [0.25, 0.3) is 0 Å². The Kier molecular flexibility index (Phi) is 2.18. The van der Waals surface area contributed by atoms with E-state index in [-0.39, 0.29) is 0 Å². The lowest BCUT2D eigenvalue weighted by atomic mass is 9.93. The van der Waals surface area contributed by atoms with Gasteiger partial charge in [0.15, 0.2) is 0 Å². The summed E-state index contributed by atoms with van der Waals surface area (Å²) in [6, 6.07) is 31.2. The zero-order valence-corrected chi connectivity index (χ0v) is 13.1. The molecule has 0 fully saturated rings. The SMILES string of the molecule is c1cc2c3c(cccc3c1)-c1cccc3ccc4cccc-2c4c13. The summed E-state index contributed by atoms with van der Waals surface area (Å²) in [4.78, 5) is 0. The molecule has 0 heteroatoms. The van der Waals surface area contributed by atoms with Gasteiger partial charge in [-0.3, -0.25) is 0 Å². The van der Waals surface area contributed by atoms with Gasteiger partial charge < -0.3 is 0 Å². The molecule has 110 valence electrons. The second-order valence-corrected chi connectivity index (χ2v) is 6.58. The Labute approximate surface area is 140 Å². The number of hydrogen-bond acceptors (Lipinski definition) is 0. The first kappa shape index (κ1) is 12.3. The summed E-state index contributed by atoms with van der Waals surface area (Å²) in [5, 5.41) is 8.08. The molecule has 0 atom stereocenters. The van der Waals surface area contributed by atoms with E-state index in [9.17, 15) is 0 Å². The molecule has 0 aliphatic heterocycles. The molecule has 0 saturated carbocycles. The fourth-order valence-corrected chi connectivity index (χ4v) is 4.39. The Morgan fingerprint density at radius 3 is 1.04 bits per heavy atom. The van der Waals surface area contributed by atoms with Crippen LogP contribution in [0.2, 0.25) is 0 Å². The van der Waals surface area contributed by atoms with Gasteiger partial charge in [0.05, 0.1) is 0 Å². The Morgan fingerprint density at radius 1 is 0.292 bits per heavy atom. The van der Waals surface area contributed by atoms with Crippen LogP contribution in [0.3, 0.4) is 0 Å². The molecule has 1 aliphatic rings. The van der Waals surface area contributed by atoms with Gasteiger partial charge in [-0.15, -0.1) is 0 Å². The summed E-state index contributed by atoms with van der Waals surface area (Å²) in [5.41, 5.74) is 5.39. The standard InChI is InChI=1S/C24H14/c1-5-15-6-2-10-19-21-12-4-8-17-14-13-16-7-3-11-20(23(16)24(17)21)18(9-1)22(15)19/h1-14H. The second kappa shape index (κ2) is 4.24. The van der Waals surface area contributed by atoms with Gasteiger partial charge in [-0.2, -0.15) is 0 Å². The van der Waals surface area contributed by atoms with Crippen LogP contribution in [0.1, 0.15) is 0 Å². The van der Waals surface area contributed by atoms with E-state index in [4.69, 9.17) is 0 Å². The normalized spacial score (nSPS) is 12.2. The van der Waals surface area contributed by atoms with Crippen molar-refractivity contribution in [2.75, 3.05) is 0 Å². The van der Waals surface area contributed by atoms with E-state index in [2.05, 4.69) is 84.9 Å². The first-order chi connectivity index (χ1) is 11.9. The van der Waals surface area contributed by atoms with E-state index in [1.165, 1.54) is 54.6 Å². The fourth-order valence-electron chi connectivity index (χ4n) is 4.39. The minimum atomic E-state index is 1.31. The van der Waals surface area contributed by atoms with Crippen molar-refractivity contribution < 1.29 is 0 Å². The summed E-state index contributed by atoms with van der Waals surface area (Å²) in [6.45, 7) is 0. The van der Waals surface area contributed by atoms with Crippen molar-refractivity contribution in [3.05, 3.63) is 84.9 Å². The van der Waals surface area contributed by atoms with Gasteiger partial charge in [0.1, 0.15) is 0 Å². The van der Waals surface area contributed by atoms with E-state index < -0.39 is 0 Å². The van der Waals surface area contributed by atoms with Crippen molar-refractivity contribution in [2.24, 2.45) is 0 Å². The molecule has 1 aliphatic carbocycles. The second-order valence-electron chi connectivity index (χ2n) is 6.58. The van der Waals surface area contributed by atoms with Crippen LogP contribution in [0.4, 0.5) is 0 Å². The molecule has 5 aromatic rings. The first-order valence-electron chi connectivity index (χ1n) is 8.39. The third kappa shape index (κ3) is 1.39. The molecule has 0 amide bonds. The molecule has 0 nitrogen and oxygen atoms in total. The van der Waals surface area contributed by atoms with Gasteiger partial charge in [0.2, 0.25) is 0 Å². The predicted octanol–water partition coefficient (Wildman–Crippen LogP) is 6.79. The highest BCUT2D eigenvalue weighted by molar-refractivity contribution is 6.26. The van der Waals surface area contributed by atoms with Crippen molar-refractivity contribution >= 4 is 32.3 Å². The van der Waals surface area contributed by atoms with Crippen molar-refractivity contribution in [3.8, 4) is 22.3 Å². The summed E-state index contributed by atoms with van der Waals surface area (Å²) in [5.74, 6) is 0. The van der Waals surface area contributed by atoms with Gasteiger partial charge in [-0.25, -0.2) is 0 Å². The topological polar surface area (TPSA) is 0 Å². The monoisotopic (exact) mass is 302 g/mol. The Balaban J connectivity index is 2.06. The average molecular weight is 302 g/mol. The molecule has 0 radical (unpaired) electrons. The molecule has 0 unspecified atom stereocenters. The van der Waals surface area contributed by atoms with E-state index >= 15 is 0 Å². The number of hydrogen-bond donors (Lipinski definition) is 0. The van der Waals surface area contributed by atoms with Crippen molar-refractivity contribution in [3.63, 3.8) is 0 Å². The molecule has 0 aromatic heterocycles.